The van der Waals surface area contributed by atoms with Gasteiger partial charge in [-0.2, -0.15) is 0 Å². The number of carbonyl (C=O) groups is 1. The first-order valence-corrected chi connectivity index (χ1v) is 9.74. The Morgan fingerprint density at radius 2 is 1.67 bits per heavy atom. The van der Waals surface area contributed by atoms with Gasteiger partial charge in [0.15, 0.2) is 6.54 Å². The lowest BCUT2D eigenvalue weighted by atomic mass is 9.53. The molecular weight excluding hydrogens is 320 g/mol. The molecule has 0 spiro atoms. The monoisotopic (exact) mass is 347 g/mol. The van der Waals surface area contributed by atoms with Crippen LogP contribution in [0.15, 0.2) is 24.3 Å². The van der Waals surface area contributed by atoms with E-state index in [4.69, 9.17) is 11.6 Å². The van der Waals surface area contributed by atoms with Gasteiger partial charge in [-0.05, 0) is 68.4 Å². The van der Waals surface area contributed by atoms with E-state index in [1.54, 1.807) is 0 Å². The molecule has 130 valence electrons. The van der Waals surface area contributed by atoms with Crippen molar-refractivity contribution >= 4 is 17.5 Å². The molecule has 1 amide bonds. The lowest BCUT2D eigenvalue weighted by Gasteiger charge is -2.56. The van der Waals surface area contributed by atoms with E-state index in [-0.39, 0.29) is 11.4 Å². The number of rotatable bonds is 5. The summed E-state index contributed by atoms with van der Waals surface area (Å²) in [5.74, 6) is 2.84. The molecule has 4 heteroatoms. The molecule has 1 unspecified atom stereocenters. The van der Waals surface area contributed by atoms with E-state index in [0.717, 1.165) is 29.3 Å². The van der Waals surface area contributed by atoms with Gasteiger partial charge >= 0.3 is 0 Å². The Morgan fingerprint density at radius 3 is 2.21 bits per heavy atom. The summed E-state index contributed by atoms with van der Waals surface area (Å²) in [4.78, 5) is 13.9. The Balaban J connectivity index is 1.32. The first-order valence-electron chi connectivity index (χ1n) is 9.36. The van der Waals surface area contributed by atoms with Gasteiger partial charge in [0.25, 0.3) is 5.91 Å². The molecule has 1 atom stereocenters. The predicted octanol–water partition coefficient (Wildman–Crippen LogP) is 2.44. The molecule has 1 aromatic carbocycles. The fourth-order valence-corrected chi connectivity index (χ4v) is 6.02. The van der Waals surface area contributed by atoms with Crippen molar-refractivity contribution in [2.45, 2.75) is 50.6 Å². The second kappa shape index (κ2) is 6.34. The highest BCUT2D eigenvalue weighted by molar-refractivity contribution is 6.30. The van der Waals surface area contributed by atoms with Crippen molar-refractivity contribution in [3.8, 4) is 0 Å². The molecule has 4 saturated carbocycles. The van der Waals surface area contributed by atoms with Gasteiger partial charge in [-0.15, -0.1) is 0 Å². The molecule has 1 aromatic rings. The smallest absolute Gasteiger partial charge is 0.275 e. The summed E-state index contributed by atoms with van der Waals surface area (Å²) in [5.41, 5.74) is 1.35. The van der Waals surface area contributed by atoms with E-state index in [9.17, 15) is 4.79 Å². The largest absolute Gasteiger partial charge is 0.346 e. The molecule has 4 bridgehead atoms. The Morgan fingerprint density at radius 1 is 1.12 bits per heavy atom. The van der Waals surface area contributed by atoms with Crippen molar-refractivity contribution < 1.29 is 9.69 Å². The number of likely N-dealkylation sites (N-methyl/N-ethyl adjacent to an activating group) is 1. The molecular formula is C20H28ClN2O+. The average Bonchev–Trinajstić information content (AvgIpc) is 2.47. The maximum absolute atomic E-state index is 12.6. The molecule has 3 nitrogen and oxygen atoms in total. The molecule has 4 aliphatic carbocycles. The van der Waals surface area contributed by atoms with Crippen LogP contribution < -0.4 is 10.2 Å². The molecule has 0 heterocycles. The van der Waals surface area contributed by atoms with Gasteiger partial charge in [-0.3, -0.25) is 4.79 Å². The minimum absolute atomic E-state index is 0.131. The third-order valence-electron chi connectivity index (χ3n) is 6.32. The lowest BCUT2D eigenvalue weighted by Crippen LogP contribution is -3.09. The minimum Gasteiger partial charge on any atom is -0.346 e. The van der Waals surface area contributed by atoms with Gasteiger partial charge in [-0.1, -0.05) is 23.7 Å². The maximum Gasteiger partial charge on any atom is 0.275 e. The zero-order valence-corrected chi connectivity index (χ0v) is 15.2. The summed E-state index contributed by atoms with van der Waals surface area (Å²) in [6.45, 7) is 1.40. The number of benzene rings is 1. The van der Waals surface area contributed by atoms with Crippen LogP contribution in [0, 0.1) is 17.8 Å². The van der Waals surface area contributed by atoms with E-state index in [2.05, 4.69) is 12.4 Å². The molecule has 4 fully saturated rings. The molecule has 0 aromatic heterocycles. The van der Waals surface area contributed by atoms with Crippen LogP contribution in [0.2, 0.25) is 5.02 Å². The van der Waals surface area contributed by atoms with Gasteiger partial charge in [0.05, 0.1) is 7.05 Å². The highest BCUT2D eigenvalue weighted by atomic mass is 35.5. The molecule has 4 aliphatic rings. The van der Waals surface area contributed by atoms with E-state index >= 15 is 0 Å². The number of carbonyl (C=O) groups excluding carboxylic acids is 1. The average molecular weight is 348 g/mol. The van der Waals surface area contributed by atoms with Gasteiger partial charge in [-0.25, -0.2) is 0 Å². The molecule has 5 rings (SSSR count). The maximum atomic E-state index is 12.6. The van der Waals surface area contributed by atoms with Crippen molar-refractivity contribution in [2.24, 2.45) is 17.8 Å². The standard InChI is InChI=1S/C20H27ClN2O/c1-23(12-14-2-4-18(21)5-3-14)13-19(24)22-20-9-15-6-16(10-20)8-17(7-15)11-20/h2-5,15-17H,6-13H2,1H3,(H,22,24)/p+1. The fourth-order valence-electron chi connectivity index (χ4n) is 5.89. The third kappa shape index (κ3) is 3.48. The summed E-state index contributed by atoms with van der Waals surface area (Å²) in [5, 5.41) is 4.23. The Labute approximate surface area is 149 Å². The number of amides is 1. The van der Waals surface area contributed by atoms with Crippen LogP contribution in [0.4, 0.5) is 0 Å². The van der Waals surface area contributed by atoms with Gasteiger partial charge < -0.3 is 10.2 Å². The first kappa shape index (κ1) is 16.4. The van der Waals surface area contributed by atoms with Crippen LogP contribution in [0.5, 0.6) is 0 Å². The summed E-state index contributed by atoms with van der Waals surface area (Å²) in [6, 6.07) is 7.92. The van der Waals surface area contributed by atoms with Gasteiger partial charge in [0, 0.05) is 16.1 Å². The van der Waals surface area contributed by atoms with Crippen LogP contribution in [0.25, 0.3) is 0 Å². The molecule has 2 N–H and O–H groups in total. The van der Waals surface area contributed by atoms with Crippen molar-refractivity contribution in [1.29, 1.82) is 0 Å². The summed E-state index contributed by atoms with van der Waals surface area (Å²) >= 11 is 5.93. The van der Waals surface area contributed by atoms with Gasteiger partial charge in [0.2, 0.25) is 0 Å². The quantitative estimate of drug-likeness (QED) is 0.842. The van der Waals surface area contributed by atoms with Crippen LogP contribution >= 0.6 is 11.6 Å². The molecule has 24 heavy (non-hydrogen) atoms. The summed E-state index contributed by atoms with van der Waals surface area (Å²) in [7, 11) is 2.09. The molecule has 0 saturated heterocycles. The second-order valence-electron chi connectivity index (χ2n) is 8.68. The van der Waals surface area contributed by atoms with Crippen molar-refractivity contribution in [2.75, 3.05) is 13.6 Å². The topological polar surface area (TPSA) is 33.5 Å². The Kier molecular flexibility index (Phi) is 4.34. The van der Waals surface area contributed by atoms with Crippen LogP contribution in [-0.2, 0) is 11.3 Å². The number of nitrogens with one attached hydrogen (secondary N) is 2. The zero-order chi connectivity index (χ0) is 16.7. The van der Waals surface area contributed by atoms with Crippen molar-refractivity contribution in [3.05, 3.63) is 34.9 Å². The van der Waals surface area contributed by atoms with E-state index < -0.39 is 0 Å². The third-order valence-corrected chi connectivity index (χ3v) is 6.58. The number of halogens is 1. The van der Waals surface area contributed by atoms with Crippen LogP contribution in [0.1, 0.15) is 44.1 Å². The second-order valence-corrected chi connectivity index (χ2v) is 9.12. The van der Waals surface area contributed by atoms with Gasteiger partial charge in [0.1, 0.15) is 6.54 Å². The normalized spacial score (nSPS) is 35.0. The number of hydrogen-bond acceptors (Lipinski definition) is 1. The highest BCUT2D eigenvalue weighted by Gasteiger charge is 2.51. The Hall–Kier alpha value is -1.06. The fraction of sp³-hybridized carbons (Fsp3) is 0.650. The van der Waals surface area contributed by atoms with E-state index in [1.165, 1.54) is 49.0 Å². The minimum atomic E-state index is 0.131. The summed E-state index contributed by atoms with van der Waals surface area (Å²) in [6.07, 6.45) is 7.91. The van der Waals surface area contributed by atoms with Crippen molar-refractivity contribution in [3.63, 3.8) is 0 Å². The first-order chi connectivity index (χ1) is 11.5. The Bertz CT molecular complexity index is 577. The SMILES string of the molecule is C[NH+](CC(=O)NC12CC3CC(CC(C3)C1)C2)Cc1ccc(Cl)cc1. The predicted molar refractivity (Wildman–Crippen MR) is 96.0 cm³/mol. The lowest BCUT2D eigenvalue weighted by molar-refractivity contribution is -0.885. The molecule has 0 aliphatic heterocycles. The number of quaternary nitrogens is 1. The van der Waals surface area contributed by atoms with Crippen molar-refractivity contribution in [1.82, 2.24) is 5.32 Å². The number of hydrogen-bond donors (Lipinski definition) is 2. The molecule has 0 radical (unpaired) electrons. The van der Waals surface area contributed by atoms with Crippen LogP contribution in [0.3, 0.4) is 0 Å². The van der Waals surface area contributed by atoms with E-state index in [1.807, 2.05) is 24.3 Å². The van der Waals surface area contributed by atoms with E-state index in [0.29, 0.717) is 6.54 Å². The highest BCUT2D eigenvalue weighted by Crippen LogP contribution is 2.55. The summed E-state index contributed by atoms with van der Waals surface area (Å²) < 4.78 is 0. The van der Waals surface area contributed by atoms with Crippen LogP contribution in [-0.4, -0.2) is 25.0 Å². The zero-order valence-electron chi connectivity index (χ0n) is 14.5.